The van der Waals surface area contributed by atoms with Gasteiger partial charge in [0.25, 0.3) is 12.9 Å². The summed E-state index contributed by atoms with van der Waals surface area (Å²) in [6.07, 6.45) is -102. The highest BCUT2D eigenvalue weighted by Gasteiger charge is 2.64. The monoisotopic (exact) mass is 2120 g/mol. The van der Waals surface area contributed by atoms with Crippen LogP contribution < -0.4 is 21.3 Å². The first-order valence-electron chi connectivity index (χ1n) is 46.8. The maximum absolute atomic E-state index is 13.3. The summed E-state index contributed by atoms with van der Waals surface area (Å²) in [4.78, 5) is 76.3. The van der Waals surface area contributed by atoms with Gasteiger partial charge < -0.3 is 278 Å². The van der Waals surface area contributed by atoms with E-state index in [0.717, 1.165) is 27.7 Å². The van der Waals surface area contributed by atoms with E-state index in [9.17, 15) is 177 Å². The Morgan fingerprint density at radius 3 is 1.08 bits per heavy atom. The summed E-state index contributed by atoms with van der Waals surface area (Å²) in [5.41, 5.74) is 0. The predicted octanol–water partition coefficient (Wildman–Crippen LogP) is -21.3. The molecule has 11 aliphatic rings. The third kappa shape index (κ3) is 27.2. The van der Waals surface area contributed by atoms with E-state index in [0.29, 0.717) is 0 Å². The molecule has 11 rings (SSSR count). The number of aliphatic hydroxyl groups is 29. The number of nitrogens with one attached hydrogen (secondary N) is 4. The van der Waals surface area contributed by atoms with Crippen LogP contribution in [0.5, 0.6) is 0 Å². The van der Waals surface area contributed by atoms with Crippen molar-refractivity contribution in [1.82, 2.24) is 21.3 Å². The Balaban J connectivity index is 0.892. The molecule has 11 fully saturated rings. The Labute approximate surface area is 823 Å². The summed E-state index contributed by atoms with van der Waals surface area (Å²) in [5.74, 6) is -11.3. The molecule has 62 nitrogen and oxygen atoms in total. The van der Waals surface area contributed by atoms with Crippen LogP contribution in [0.25, 0.3) is 0 Å². The molecule has 11 saturated heterocycles. The summed E-state index contributed by atoms with van der Waals surface area (Å²) >= 11 is 0. The number of amides is 4. The number of carbonyl (C=O) groups is 6. The molecule has 0 spiro atoms. The Morgan fingerprint density at radius 1 is 0.324 bits per heavy atom. The van der Waals surface area contributed by atoms with E-state index in [1.54, 1.807) is 0 Å². The lowest BCUT2D eigenvalue weighted by Crippen LogP contribution is -2.71. The maximum atomic E-state index is 13.3. The van der Waals surface area contributed by atoms with E-state index in [4.69, 9.17) is 109 Å². The minimum absolute atomic E-state index is 0.160. The third-order valence-electron chi connectivity index (χ3n) is 27.2. The van der Waals surface area contributed by atoms with Crippen molar-refractivity contribution in [3.8, 4) is 0 Å². The van der Waals surface area contributed by atoms with Crippen molar-refractivity contribution in [3.05, 3.63) is 0 Å². The van der Waals surface area contributed by atoms with Gasteiger partial charge >= 0.3 is 11.9 Å². The van der Waals surface area contributed by atoms with E-state index < -0.39 is 458 Å². The van der Waals surface area contributed by atoms with Crippen LogP contribution in [0.15, 0.2) is 0 Å². The molecule has 0 aromatic rings. The molecule has 56 atom stereocenters. The topological polar surface area (TPSA) is 950 Å². The first-order valence-corrected chi connectivity index (χ1v) is 46.8. The molecular weight excluding hydrogens is 1980 g/mol. The fraction of sp³-hybridized carbons (Fsp3) is 0.928. The summed E-state index contributed by atoms with van der Waals surface area (Å²) in [5, 5.41) is 338. The Hall–Kier alpha value is -5.18. The van der Waals surface area contributed by atoms with Crippen molar-refractivity contribution in [3.63, 3.8) is 0 Å². The molecule has 4 amide bonds. The average Bonchev–Trinajstić information content (AvgIpc) is 0.760. The molecule has 0 aromatic heterocycles. The SMILES string of the molecule is CC(=O)NC1C(O)[C@H](O[C@@H]2OC(CO)[C@H](O)[C@H](O[C@]3(OC=O)C[C@H](O)[C@@H](C)C([C@H](O)[C@@H](O)CO)O3)C2O)[C@@H](CO)O[C@@H]1OC1[C@H](OCC2O[C@@H](O[C@H]3C(CO)O[C@@H](O[C@H]4C(CO)O[C@@H](C)C(NC(C)=O)[C@H]4O)C(NC(C)=O)[C@H]3O)C(O)[C@@H](O[C@@H]3OC(CO)[C@H](O)C(O)C3O[C@@H]3OC(CO)[C@H](O[C@@H]4OC(CO[C@]5(OC=O)C[C@H](O)[C@@H](C)C([C@H](O)[C@@H](O)CO)O5)[C@H](O)CC4O)[C@H](O)C3NC(C)=O)[C@H]2O)OC(CO)[C@H](O)[C@@H]1O. The zero-order chi connectivity index (χ0) is 107. The lowest BCUT2D eigenvalue weighted by Gasteiger charge is -2.51. The molecule has 0 saturated carbocycles. The van der Waals surface area contributed by atoms with Crippen molar-refractivity contribution < 1.29 is 286 Å². The van der Waals surface area contributed by atoms with Gasteiger partial charge in [0.05, 0.1) is 128 Å². The third-order valence-corrected chi connectivity index (χ3v) is 27.2. The van der Waals surface area contributed by atoms with Crippen LogP contribution in [0.3, 0.4) is 0 Å². The lowest BCUT2D eigenvalue weighted by atomic mass is 9.87. The second-order valence-corrected chi connectivity index (χ2v) is 37.3. The molecule has 62 heteroatoms. The van der Waals surface area contributed by atoms with Gasteiger partial charge in [-0.1, -0.05) is 13.8 Å². The summed E-state index contributed by atoms with van der Waals surface area (Å²) in [7, 11) is 0. The molecule has 21 unspecified atom stereocenters. The van der Waals surface area contributed by atoms with Crippen LogP contribution in [0, 0.1) is 11.8 Å². The lowest BCUT2D eigenvalue weighted by molar-refractivity contribution is -0.448. The predicted molar refractivity (Wildman–Crippen MR) is 451 cm³/mol. The summed E-state index contributed by atoms with van der Waals surface area (Å²) in [6.45, 7) is -4.82. The highest BCUT2D eigenvalue weighted by atomic mass is 16.9. The molecule has 11 aliphatic heterocycles. The van der Waals surface area contributed by atoms with E-state index in [1.807, 2.05) is 0 Å². The second kappa shape index (κ2) is 52.6. The van der Waals surface area contributed by atoms with Crippen LogP contribution in [0.1, 0.15) is 67.7 Å². The summed E-state index contributed by atoms with van der Waals surface area (Å²) < 4.78 is 137. The standard InChI is InChI=1S/C83H138N4O58/c1-24-33(105)9-82(125-22-97,143-64(24)50(109)35(107)11-88)124-21-44-31(103)8-32(104)74(134-44)136-67-41(17-94)132-77(48(57(67)116)86-29(6)101)142-73-61(120)53(112)38(14-91)130-81(73)140-70-55(114)45(135-78(62(70)121)138-68-42(18-95)131-75(47(58(68)117)85-28(5)100)137-66-40(16-93)127-26(3)46(56(66)115)84-27(4)99)20-123-80-72(60(119)52(111)37(13-90)129-80)141-76-49(87-30(7)102)59(118)69(43(19-96)133-76)139-79-63(122)71(54(113)39(15-92)128-79)145-83(126-23-98)10-34(106)25(2)65(144-83)51(110)36(108)12-89/h22-26,31-81,88-96,103-122H,8-21H2,1-7H3,(H,84,99)(H,85,100)(H,86,101)(H,87,102)/t24-,25-,26+,31-,32?,33+,34+,35+,36+,37?,38?,39?,40?,41?,42?,43-,44?,45?,46?,47?,48?,49?,50-,51-,52+,53+,54+,55+,56-,57-,58-,59?,60+,61?,62?,63?,64?,65?,66+,67+,68+,69-,70+,71+,72?,73?,74+,75+,76-,77+,78+,79+,80-,81+,82+,83+/m1/s1. The van der Waals surface area contributed by atoms with Gasteiger partial charge in [0.1, 0.15) is 226 Å². The molecule has 0 aliphatic carbocycles. The molecule has 33 N–H and O–H groups in total. The Morgan fingerprint density at radius 2 is 0.648 bits per heavy atom. The fourth-order valence-corrected chi connectivity index (χ4v) is 19.2. The van der Waals surface area contributed by atoms with Gasteiger partial charge in [0, 0.05) is 46.0 Å². The van der Waals surface area contributed by atoms with Gasteiger partial charge in [-0.15, -0.1) is 0 Å². The van der Waals surface area contributed by atoms with Crippen LogP contribution in [0.2, 0.25) is 0 Å². The van der Waals surface area contributed by atoms with Crippen molar-refractivity contribution >= 4 is 36.6 Å². The fourth-order valence-electron chi connectivity index (χ4n) is 19.2. The van der Waals surface area contributed by atoms with Crippen LogP contribution in [0.4, 0.5) is 0 Å². The Bertz CT molecular complexity index is 4030. The zero-order valence-corrected chi connectivity index (χ0v) is 79.0. The maximum Gasteiger partial charge on any atom is 0.332 e. The molecule has 0 bridgehead atoms. The largest absolute Gasteiger partial charge is 0.410 e. The van der Waals surface area contributed by atoms with Crippen molar-refractivity contribution in [2.75, 3.05) is 72.7 Å². The van der Waals surface area contributed by atoms with Crippen molar-refractivity contribution in [2.24, 2.45) is 11.8 Å². The van der Waals surface area contributed by atoms with E-state index in [2.05, 4.69) is 21.3 Å². The second-order valence-electron chi connectivity index (χ2n) is 37.3. The molecule has 11 heterocycles. The van der Waals surface area contributed by atoms with Crippen LogP contribution >= 0.6 is 0 Å². The van der Waals surface area contributed by atoms with Crippen molar-refractivity contribution in [2.45, 2.75) is 398 Å². The molecule has 0 aromatic carbocycles. The first-order chi connectivity index (χ1) is 68.6. The number of carbonyl (C=O) groups excluding carboxylic acids is 6. The van der Waals surface area contributed by atoms with Crippen LogP contribution in [-0.4, -0.2) is 588 Å². The van der Waals surface area contributed by atoms with Crippen molar-refractivity contribution in [1.29, 1.82) is 0 Å². The number of ether oxygens (including phenoxy) is 23. The first kappa shape index (κ1) is 120. The quantitative estimate of drug-likeness (QED) is 0.0199. The van der Waals surface area contributed by atoms with Gasteiger partial charge in [-0.3, -0.25) is 28.8 Å². The minimum Gasteiger partial charge on any atom is -0.410 e. The number of hydrogen-bond acceptors (Lipinski definition) is 58. The van der Waals surface area contributed by atoms with Gasteiger partial charge in [-0.2, -0.15) is 0 Å². The minimum atomic E-state index is -2.90. The highest BCUT2D eigenvalue weighted by Crippen LogP contribution is 2.45. The number of rotatable bonds is 43. The van der Waals surface area contributed by atoms with Gasteiger partial charge in [0.15, 0.2) is 50.3 Å². The smallest absolute Gasteiger partial charge is 0.332 e. The zero-order valence-electron chi connectivity index (χ0n) is 79.0. The van der Waals surface area contributed by atoms with Gasteiger partial charge in [-0.25, -0.2) is 0 Å². The average molecular weight is 2120 g/mol. The van der Waals surface area contributed by atoms with E-state index in [-0.39, 0.29) is 12.9 Å². The summed E-state index contributed by atoms with van der Waals surface area (Å²) in [6, 6.07) is -7.31. The molecule has 145 heavy (non-hydrogen) atoms. The van der Waals surface area contributed by atoms with E-state index >= 15 is 0 Å². The van der Waals surface area contributed by atoms with E-state index in [1.165, 1.54) is 20.8 Å². The van der Waals surface area contributed by atoms with Gasteiger partial charge in [0.2, 0.25) is 23.6 Å². The molecule has 838 valence electrons. The van der Waals surface area contributed by atoms with Crippen LogP contribution in [-0.2, 0) is 138 Å². The number of aliphatic hydroxyl groups excluding tert-OH is 29. The number of hydrogen-bond donors (Lipinski definition) is 33. The Kier molecular flexibility index (Phi) is 43.6. The molecule has 0 radical (unpaired) electrons. The van der Waals surface area contributed by atoms with Gasteiger partial charge in [-0.05, 0) is 6.92 Å². The molecular formula is C83H138N4O58. The highest BCUT2D eigenvalue weighted by molar-refractivity contribution is 5.74. The normalized spacial score (nSPS) is 47.2.